The van der Waals surface area contributed by atoms with Crippen molar-refractivity contribution >= 4 is 29.8 Å². The van der Waals surface area contributed by atoms with Crippen LogP contribution in [0.5, 0.6) is 0 Å². The van der Waals surface area contributed by atoms with Crippen molar-refractivity contribution in [3.05, 3.63) is 124 Å². The summed E-state index contributed by atoms with van der Waals surface area (Å²) in [5.74, 6) is -0.819. The van der Waals surface area contributed by atoms with Gasteiger partial charge in [0, 0.05) is 5.41 Å². The van der Waals surface area contributed by atoms with Gasteiger partial charge in [0.05, 0.1) is 5.56 Å². The molecule has 0 aromatic heterocycles. The van der Waals surface area contributed by atoms with Crippen molar-refractivity contribution in [1.29, 1.82) is 0 Å². The molecular formula is C36H37O2P. The second-order valence-electron chi connectivity index (χ2n) is 13.0. The van der Waals surface area contributed by atoms with Gasteiger partial charge in [0.1, 0.15) is 0 Å². The molecule has 0 heterocycles. The molecule has 0 saturated carbocycles. The highest BCUT2D eigenvalue weighted by Crippen LogP contribution is 2.64. The van der Waals surface area contributed by atoms with Crippen LogP contribution in [0.15, 0.2) is 84.9 Å². The smallest absolute Gasteiger partial charge is 0.336 e. The summed E-state index contributed by atoms with van der Waals surface area (Å²) in [6.07, 6.45) is 1.83. The zero-order valence-corrected chi connectivity index (χ0v) is 24.7. The SMILES string of the molecule is Cc1cc(C(=O)O)c2c(c1)C(C)(C)CC21CC(C)(C)c2cc(C)cc(P(c3ccccc3)c3ccccc3)c21. The highest BCUT2D eigenvalue weighted by molar-refractivity contribution is 7.80. The van der Waals surface area contributed by atoms with Crippen LogP contribution >= 0.6 is 7.92 Å². The Morgan fingerprint density at radius 1 is 0.692 bits per heavy atom. The van der Waals surface area contributed by atoms with Gasteiger partial charge in [-0.1, -0.05) is 112 Å². The Hall–Kier alpha value is -3.22. The van der Waals surface area contributed by atoms with E-state index in [2.05, 4.69) is 113 Å². The Balaban J connectivity index is 1.75. The Kier molecular flexibility index (Phi) is 5.94. The van der Waals surface area contributed by atoms with Crippen molar-refractivity contribution in [1.82, 2.24) is 0 Å². The van der Waals surface area contributed by atoms with Crippen molar-refractivity contribution in [2.45, 2.75) is 70.6 Å². The van der Waals surface area contributed by atoms with Gasteiger partial charge in [-0.05, 0) is 95.2 Å². The lowest BCUT2D eigenvalue weighted by Gasteiger charge is -2.34. The standard InChI is InChI=1S/C36H37O2P/c1-23-17-27(33(37)38)31-28(18-23)34(3,4)21-36(31)22-35(5,6)29-19-24(2)20-30(32(29)36)39(25-13-9-7-10-14-25)26-15-11-8-12-16-26/h7-20H,21-22H2,1-6H3,(H,37,38). The van der Waals surface area contributed by atoms with Crippen LogP contribution in [0.2, 0.25) is 0 Å². The van der Waals surface area contributed by atoms with E-state index in [1.165, 1.54) is 38.2 Å². The van der Waals surface area contributed by atoms with E-state index in [0.29, 0.717) is 5.56 Å². The Labute approximate surface area is 233 Å². The molecule has 3 heteroatoms. The minimum absolute atomic E-state index is 0.0805. The normalized spacial score (nSPS) is 20.3. The number of carbonyl (C=O) groups is 1. The minimum atomic E-state index is -0.847. The Morgan fingerprint density at radius 3 is 1.64 bits per heavy atom. The van der Waals surface area contributed by atoms with Crippen molar-refractivity contribution in [3.63, 3.8) is 0 Å². The number of aryl methyl sites for hydroxylation is 2. The summed E-state index contributed by atoms with van der Waals surface area (Å²) in [4.78, 5) is 12.9. The lowest BCUT2D eigenvalue weighted by atomic mass is 9.71. The molecule has 1 unspecified atom stereocenters. The molecule has 6 rings (SSSR count). The van der Waals surface area contributed by atoms with E-state index in [1.807, 2.05) is 13.0 Å². The molecule has 0 amide bonds. The summed E-state index contributed by atoms with van der Waals surface area (Å²) in [6, 6.07) is 30.7. The van der Waals surface area contributed by atoms with E-state index in [9.17, 15) is 9.90 Å². The molecule has 2 nitrogen and oxygen atoms in total. The number of fused-ring (bicyclic) bond motifs is 4. The molecule has 0 aliphatic heterocycles. The fourth-order valence-electron chi connectivity index (χ4n) is 7.81. The van der Waals surface area contributed by atoms with E-state index < -0.39 is 13.9 Å². The fraction of sp³-hybridized carbons (Fsp3) is 0.306. The third-order valence-electron chi connectivity index (χ3n) is 8.95. The maximum Gasteiger partial charge on any atom is 0.336 e. The molecule has 1 N–H and O–H groups in total. The molecule has 4 aromatic rings. The topological polar surface area (TPSA) is 37.3 Å². The van der Waals surface area contributed by atoms with E-state index in [-0.39, 0.29) is 16.2 Å². The maximum absolute atomic E-state index is 12.9. The van der Waals surface area contributed by atoms with Gasteiger partial charge < -0.3 is 5.11 Å². The van der Waals surface area contributed by atoms with Crippen LogP contribution in [0.4, 0.5) is 0 Å². The van der Waals surface area contributed by atoms with Gasteiger partial charge in [0.15, 0.2) is 0 Å². The second kappa shape index (κ2) is 8.90. The van der Waals surface area contributed by atoms with Gasteiger partial charge in [-0.2, -0.15) is 0 Å². The van der Waals surface area contributed by atoms with Gasteiger partial charge in [-0.15, -0.1) is 0 Å². The van der Waals surface area contributed by atoms with Crippen molar-refractivity contribution in [3.8, 4) is 0 Å². The zero-order valence-electron chi connectivity index (χ0n) is 23.8. The van der Waals surface area contributed by atoms with E-state index in [0.717, 1.165) is 24.0 Å². The molecule has 0 bridgehead atoms. The molecule has 0 radical (unpaired) electrons. The van der Waals surface area contributed by atoms with Crippen LogP contribution in [-0.4, -0.2) is 11.1 Å². The van der Waals surface area contributed by atoms with Crippen molar-refractivity contribution in [2.24, 2.45) is 0 Å². The van der Waals surface area contributed by atoms with Crippen LogP contribution in [0.25, 0.3) is 0 Å². The van der Waals surface area contributed by atoms with Crippen LogP contribution in [-0.2, 0) is 16.2 Å². The average molecular weight is 533 g/mol. The first kappa shape index (κ1) is 26.0. The molecule has 1 spiro atoms. The highest BCUT2D eigenvalue weighted by atomic mass is 31.1. The fourth-order valence-corrected chi connectivity index (χ4v) is 10.5. The lowest BCUT2D eigenvalue weighted by molar-refractivity contribution is 0.0694. The molecule has 2 aliphatic carbocycles. The average Bonchev–Trinajstić information content (AvgIpc) is 3.24. The summed E-state index contributed by atoms with van der Waals surface area (Å²) >= 11 is 0. The van der Waals surface area contributed by atoms with Crippen LogP contribution < -0.4 is 15.9 Å². The van der Waals surface area contributed by atoms with E-state index in [4.69, 9.17) is 0 Å². The summed E-state index contributed by atoms with van der Waals surface area (Å²) in [6.45, 7) is 13.6. The number of benzene rings is 4. The quantitative estimate of drug-likeness (QED) is 0.278. The maximum atomic E-state index is 12.9. The second-order valence-corrected chi connectivity index (χ2v) is 15.1. The van der Waals surface area contributed by atoms with Crippen molar-refractivity contribution < 1.29 is 9.90 Å². The number of carboxylic acids is 1. The first-order chi connectivity index (χ1) is 18.4. The first-order valence-electron chi connectivity index (χ1n) is 13.9. The molecule has 2 aliphatic rings. The lowest BCUT2D eigenvalue weighted by Crippen LogP contribution is -2.34. The zero-order chi connectivity index (χ0) is 27.7. The van der Waals surface area contributed by atoms with Crippen molar-refractivity contribution in [2.75, 3.05) is 0 Å². The van der Waals surface area contributed by atoms with Crippen LogP contribution in [0.3, 0.4) is 0 Å². The molecule has 0 fully saturated rings. The summed E-state index contributed by atoms with van der Waals surface area (Å²) in [5.41, 5.74) is 7.24. The first-order valence-corrected chi connectivity index (χ1v) is 15.2. The highest BCUT2D eigenvalue weighted by Gasteiger charge is 2.58. The monoisotopic (exact) mass is 532 g/mol. The van der Waals surface area contributed by atoms with E-state index in [1.54, 1.807) is 0 Å². The molecule has 4 aromatic carbocycles. The summed E-state index contributed by atoms with van der Waals surface area (Å²) in [5, 5.41) is 14.6. The Morgan fingerprint density at radius 2 is 1.15 bits per heavy atom. The van der Waals surface area contributed by atoms with Gasteiger partial charge in [0.25, 0.3) is 0 Å². The summed E-state index contributed by atoms with van der Waals surface area (Å²) in [7, 11) is -0.847. The number of hydrogen-bond acceptors (Lipinski definition) is 1. The largest absolute Gasteiger partial charge is 0.478 e. The van der Waals surface area contributed by atoms with Crippen LogP contribution in [0.1, 0.15) is 84.3 Å². The number of aromatic carboxylic acids is 1. The van der Waals surface area contributed by atoms with Crippen LogP contribution in [0, 0.1) is 13.8 Å². The molecule has 39 heavy (non-hydrogen) atoms. The van der Waals surface area contributed by atoms with Gasteiger partial charge >= 0.3 is 5.97 Å². The number of hydrogen-bond donors (Lipinski definition) is 1. The number of carboxylic acid groups (broad SMARTS) is 1. The van der Waals surface area contributed by atoms with Gasteiger partial charge in [-0.3, -0.25) is 0 Å². The third kappa shape index (κ3) is 3.99. The third-order valence-corrected chi connectivity index (χ3v) is 11.4. The Bertz CT molecular complexity index is 1560. The predicted octanol–water partition coefficient (Wildman–Crippen LogP) is 7.41. The predicted molar refractivity (Wildman–Crippen MR) is 164 cm³/mol. The van der Waals surface area contributed by atoms with E-state index >= 15 is 0 Å². The summed E-state index contributed by atoms with van der Waals surface area (Å²) < 4.78 is 0. The molecule has 1 atom stereocenters. The minimum Gasteiger partial charge on any atom is -0.478 e. The molecule has 198 valence electrons. The number of rotatable bonds is 4. The van der Waals surface area contributed by atoms with Gasteiger partial charge in [-0.25, -0.2) is 4.79 Å². The van der Waals surface area contributed by atoms with Gasteiger partial charge in [0.2, 0.25) is 0 Å². The molecular weight excluding hydrogens is 495 g/mol. The molecule has 0 saturated heterocycles.